The minimum atomic E-state index is -1.76. The normalized spacial score (nSPS) is 36.5. The number of hydrogen-bond acceptors (Lipinski definition) is 9. The predicted molar refractivity (Wildman–Crippen MR) is 57.8 cm³/mol. The van der Waals surface area contributed by atoms with Crippen molar-refractivity contribution in [3.63, 3.8) is 0 Å². The van der Waals surface area contributed by atoms with Gasteiger partial charge < -0.3 is 44.9 Å². The highest BCUT2D eigenvalue weighted by molar-refractivity contribution is 5.56. The summed E-state index contributed by atoms with van der Waals surface area (Å²) in [4.78, 5) is 10.2. The molecule has 7 atom stereocenters. The van der Waals surface area contributed by atoms with Gasteiger partial charge in [-0.15, -0.1) is 0 Å². The van der Waals surface area contributed by atoms with Gasteiger partial charge in [0.1, 0.15) is 36.6 Å². The Balaban J connectivity index is 2.42. The molecule has 1 rings (SSSR count). The van der Waals surface area contributed by atoms with Crippen LogP contribution in [-0.2, 0) is 14.3 Å². The molecule has 0 aliphatic carbocycles. The molecule has 0 aromatic heterocycles. The predicted octanol–water partition coefficient (Wildman–Crippen LogP) is -4.28. The molecule has 112 valence electrons. The molecule has 9 heteroatoms. The SMILES string of the molecule is O=C[C@H](O)[C@@H](O)[C@@H](O)CO[C@@H]1OC[C@@H](O)[C@H](O)[C@H]1O. The molecule has 0 radical (unpaired) electrons. The van der Waals surface area contributed by atoms with Crippen LogP contribution in [0.15, 0.2) is 0 Å². The molecule has 1 heterocycles. The van der Waals surface area contributed by atoms with Gasteiger partial charge in [0.25, 0.3) is 0 Å². The monoisotopic (exact) mass is 282 g/mol. The molecule has 1 saturated heterocycles. The third-order valence-corrected chi connectivity index (χ3v) is 2.77. The molecule has 0 unspecified atom stereocenters. The van der Waals surface area contributed by atoms with Gasteiger partial charge in [0.05, 0.1) is 13.2 Å². The third kappa shape index (κ3) is 4.16. The molecule has 0 aromatic rings. The lowest BCUT2D eigenvalue weighted by Gasteiger charge is -2.35. The fourth-order valence-electron chi connectivity index (χ4n) is 1.53. The summed E-state index contributed by atoms with van der Waals surface area (Å²) in [7, 11) is 0. The van der Waals surface area contributed by atoms with Crippen LogP contribution in [0, 0.1) is 0 Å². The second kappa shape index (κ2) is 7.22. The number of ether oxygens (including phenoxy) is 2. The van der Waals surface area contributed by atoms with Crippen molar-refractivity contribution >= 4 is 6.29 Å². The van der Waals surface area contributed by atoms with Crippen molar-refractivity contribution in [1.29, 1.82) is 0 Å². The van der Waals surface area contributed by atoms with E-state index in [1.54, 1.807) is 0 Å². The molecular formula is C10H18O9. The molecular weight excluding hydrogens is 264 g/mol. The van der Waals surface area contributed by atoms with Crippen LogP contribution in [-0.4, -0.2) is 93.1 Å². The van der Waals surface area contributed by atoms with Gasteiger partial charge in [-0.2, -0.15) is 0 Å². The van der Waals surface area contributed by atoms with E-state index in [-0.39, 0.29) is 12.9 Å². The maximum atomic E-state index is 10.2. The summed E-state index contributed by atoms with van der Waals surface area (Å²) < 4.78 is 9.79. The minimum Gasteiger partial charge on any atom is -0.388 e. The summed E-state index contributed by atoms with van der Waals surface area (Å²) in [6, 6.07) is 0. The van der Waals surface area contributed by atoms with E-state index in [0.717, 1.165) is 0 Å². The summed E-state index contributed by atoms with van der Waals surface area (Å²) in [5.74, 6) is 0. The van der Waals surface area contributed by atoms with Gasteiger partial charge in [0, 0.05) is 0 Å². The van der Waals surface area contributed by atoms with Gasteiger partial charge in [-0.05, 0) is 0 Å². The molecule has 0 saturated carbocycles. The highest BCUT2D eigenvalue weighted by Crippen LogP contribution is 2.17. The van der Waals surface area contributed by atoms with Gasteiger partial charge in [0.2, 0.25) is 0 Å². The Morgan fingerprint density at radius 2 is 1.84 bits per heavy atom. The molecule has 0 bridgehead atoms. The molecule has 1 aliphatic rings. The molecule has 19 heavy (non-hydrogen) atoms. The summed E-state index contributed by atoms with van der Waals surface area (Å²) in [6.45, 7) is -0.810. The highest BCUT2D eigenvalue weighted by Gasteiger charge is 2.38. The highest BCUT2D eigenvalue weighted by atomic mass is 16.7. The van der Waals surface area contributed by atoms with Crippen LogP contribution < -0.4 is 0 Å². The van der Waals surface area contributed by atoms with E-state index in [1.807, 2.05) is 0 Å². The van der Waals surface area contributed by atoms with E-state index in [0.29, 0.717) is 0 Å². The van der Waals surface area contributed by atoms with Crippen molar-refractivity contribution in [2.75, 3.05) is 13.2 Å². The topological polar surface area (TPSA) is 157 Å². The van der Waals surface area contributed by atoms with E-state index in [4.69, 9.17) is 14.6 Å². The van der Waals surface area contributed by atoms with Crippen molar-refractivity contribution in [3.8, 4) is 0 Å². The zero-order valence-corrected chi connectivity index (χ0v) is 9.94. The van der Waals surface area contributed by atoms with Crippen molar-refractivity contribution in [2.24, 2.45) is 0 Å². The van der Waals surface area contributed by atoms with Crippen molar-refractivity contribution in [1.82, 2.24) is 0 Å². The average molecular weight is 282 g/mol. The van der Waals surface area contributed by atoms with Crippen LogP contribution in [0.25, 0.3) is 0 Å². The van der Waals surface area contributed by atoms with Gasteiger partial charge in [0.15, 0.2) is 12.6 Å². The Kier molecular flexibility index (Phi) is 6.23. The lowest BCUT2D eigenvalue weighted by Crippen LogP contribution is -2.54. The van der Waals surface area contributed by atoms with E-state index in [9.17, 15) is 30.3 Å². The standard InChI is InChI=1S/C10H18O9/c11-1-4(12)7(15)5(13)2-18-10-9(17)8(16)6(14)3-19-10/h1,4-10,12-17H,2-3H2/t4-,5-,6+,7+,8-,9+,10+/m0/s1. The van der Waals surface area contributed by atoms with Crippen molar-refractivity contribution < 1.29 is 44.9 Å². The first-order valence-corrected chi connectivity index (χ1v) is 5.65. The Morgan fingerprint density at radius 1 is 1.21 bits per heavy atom. The quantitative estimate of drug-likeness (QED) is 0.265. The van der Waals surface area contributed by atoms with Crippen LogP contribution in [0.5, 0.6) is 0 Å². The van der Waals surface area contributed by atoms with Gasteiger partial charge in [-0.1, -0.05) is 0 Å². The molecule has 0 aromatic carbocycles. The lowest BCUT2D eigenvalue weighted by molar-refractivity contribution is -0.277. The molecule has 1 fully saturated rings. The second-order valence-corrected chi connectivity index (χ2v) is 4.27. The molecule has 0 spiro atoms. The van der Waals surface area contributed by atoms with E-state index in [1.165, 1.54) is 0 Å². The fourth-order valence-corrected chi connectivity index (χ4v) is 1.53. The Bertz CT molecular complexity index is 286. The van der Waals surface area contributed by atoms with E-state index >= 15 is 0 Å². The maximum Gasteiger partial charge on any atom is 0.186 e. The maximum absolute atomic E-state index is 10.2. The number of aliphatic hydroxyl groups is 6. The fraction of sp³-hybridized carbons (Fsp3) is 0.900. The lowest BCUT2D eigenvalue weighted by atomic mass is 10.1. The van der Waals surface area contributed by atoms with E-state index in [2.05, 4.69) is 0 Å². The molecule has 1 aliphatic heterocycles. The zero-order valence-electron chi connectivity index (χ0n) is 9.94. The molecule has 6 N–H and O–H groups in total. The Labute approximate surface area is 108 Å². The van der Waals surface area contributed by atoms with Gasteiger partial charge in [-0.3, -0.25) is 0 Å². The van der Waals surface area contributed by atoms with Crippen LogP contribution in [0.2, 0.25) is 0 Å². The van der Waals surface area contributed by atoms with Crippen LogP contribution in [0.1, 0.15) is 0 Å². The number of aldehydes is 1. The first kappa shape index (κ1) is 16.4. The van der Waals surface area contributed by atoms with E-state index < -0.39 is 49.5 Å². The van der Waals surface area contributed by atoms with Gasteiger partial charge in [-0.25, -0.2) is 0 Å². The first-order valence-electron chi connectivity index (χ1n) is 5.65. The van der Waals surface area contributed by atoms with Crippen LogP contribution >= 0.6 is 0 Å². The van der Waals surface area contributed by atoms with Crippen LogP contribution in [0.4, 0.5) is 0 Å². The number of rotatable bonds is 6. The second-order valence-electron chi connectivity index (χ2n) is 4.27. The third-order valence-electron chi connectivity index (χ3n) is 2.77. The van der Waals surface area contributed by atoms with Crippen molar-refractivity contribution in [2.45, 2.75) is 42.9 Å². The average Bonchev–Trinajstić information content (AvgIpc) is 2.41. The summed E-state index contributed by atoms with van der Waals surface area (Å²) in [5, 5.41) is 55.7. The number of carbonyl (C=O) groups is 1. The first-order chi connectivity index (χ1) is 8.88. The van der Waals surface area contributed by atoms with Crippen LogP contribution in [0.3, 0.4) is 0 Å². The molecule has 0 amide bonds. The molecule has 9 nitrogen and oxygen atoms in total. The minimum absolute atomic E-state index is 0.0555. The summed E-state index contributed by atoms with van der Waals surface area (Å²) in [5.41, 5.74) is 0. The number of hydrogen-bond donors (Lipinski definition) is 6. The smallest absolute Gasteiger partial charge is 0.186 e. The summed E-state index contributed by atoms with van der Waals surface area (Å²) in [6.07, 6.45) is -10.6. The largest absolute Gasteiger partial charge is 0.388 e. The van der Waals surface area contributed by atoms with Crippen molar-refractivity contribution in [3.05, 3.63) is 0 Å². The number of aliphatic hydroxyl groups excluding tert-OH is 6. The number of carbonyl (C=O) groups excluding carboxylic acids is 1. The van der Waals surface area contributed by atoms with Gasteiger partial charge >= 0.3 is 0 Å². The Morgan fingerprint density at radius 3 is 2.42 bits per heavy atom. The summed E-state index contributed by atoms with van der Waals surface area (Å²) >= 11 is 0. The Hall–Kier alpha value is -0.650. The zero-order chi connectivity index (χ0) is 14.6.